The number of hydrogen-bond acceptors (Lipinski definition) is 4. The van der Waals surface area contributed by atoms with Crippen molar-refractivity contribution < 1.29 is 4.43 Å². The number of aliphatic imine (C=N–C) groups is 1. The molecule has 4 nitrogen and oxygen atoms in total. The molecule has 1 aromatic heterocycles. The maximum absolute atomic E-state index is 5.73. The van der Waals surface area contributed by atoms with Gasteiger partial charge in [0, 0.05) is 26.1 Å². The quantitative estimate of drug-likeness (QED) is 0.602. The Morgan fingerprint density at radius 3 is 3.17 bits per heavy atom. The standard InChI is InChI=1S/C13H21N3OSi/c1-17-18(2)11-5-9-16(18)10-8-14-12-13-6-3-4-7-15-13/h3-4,6-7,12H,5,8-11H2,1-2H3. The summed E-state index contributed by atoms with van der Waals surface area (Å²) in [5.74, 6) is 0. The first kappa shape index (κ1) is 13.4. The molecule has 0 amide bonds. The Morgan fingerprint density at radius 1 is 1.56 bits per heavy atom. The van der Waals surface area contributed by atoms with Gasteiger partial charge in [-0.3, -0.25) is 9.98 Å². The van der Waals surface area contributed by atoms with Crippen LogP contribution in [0.4, 0.5) is 0 Å². The molecule has 1 aliphatic heterocycles. The molecule has 1 atom stereocenters. The van der Waals surface area contributed by atoms with Crippen LogP contribution in [-0.4, -0.2) is 51.0 Å². The zero-order valence-electron chi connectivity index (χ0n) is 11.2. The Bertz CT molecular complexity index is 398. The van der Waals surface area contributed by atoms with E-state index in [1.807, 2.05) is 31.5 Å². The van der Waals surface area contributed by atoms with Gasteiger partial charge in [0.25, 0.3) is 8.48 Å². The third kappa shape index (κ3) is 3.25. The highest BCUT2D eigenvalue weighted by atomic mass is 28.4. The topological polar surface area (TPSA) is 37.7 Å². The summed E-state index contributed by atoms with van der Waals surface area (Å²) in [6, 6.07) is 7.10. The Hall–Kier alpha value is -1.04. The van der Waals surface area contributed by atoms with Crippen molar-refractivity contribution in [3.63, 3.8) is 0 Å². The molecule has 0 bridgehead atoms. The van der Waals surface area contributed by atoms with Crippen LogP contribution in [0, 0.1) is 0 Å². The first-order valence-electron chi connectivity index (χ1n) is 6.46. The molecule has 1 saturated heterocycles. The lowest BCUT2D eigenvalue weighted by atomic mass is 10.4. The average molecular weight is 263 g/mol. The molecule has 0 spiro atoms. The molecule has 1 aliphatic rings. The van der Waals surface area contributed by atoms with Crippen LogP contribution in [0.5, 0.6) is 0 Å². The normalized spacial score (nSPS) is 25.0. The van der Waals surface area contributed by atoms with Crippen molar-refractivity contribution in [2.24, 2.45) is 4.99 Å². The van der Waals surface area contributed by atoms with Gasteiger partial charge < -0.3 is 8.99 Å². The minimum Gasteiger partial charge on any atom is -0.406 e. The van der Waals surface area contributed by atoms with Crippen LogP contribution < -0.4 is 0 Å². The van der Waals surface area contributed by atoms with Gasteiger partial charge in [0.2, 0.25) is 0 Å². The number of hydrogen-bond donors (Lipinski definition) is 0. The zero-order chi connectivity index (χ0) is 12.8. The molecule has 0 aliphatic carbocycles. The molecule has 0 N–H and O–H groups in total. The Labute approximate surface area is 110 Å². The van der Waals surface area contributed by atoms with Crippen LogP contribution in [0.3, 0.4) is 0 Å². The molecule has 2 rings (SSSR count). The van der Waals surface area contributed by atoms with Gasteiger partial charge in [-0.15, -0.1) is 0 Å². The van der Waals surface area contributed by atoms with Crippen LogP contribution >= 0.6 is 0 Å². The van der Waals surface area contributed by atoms with Gasteiger partial charge in [0.15, 0.2) is 0 Å². The number of aromatic nitrogens is 1. The maximum Gasteiger partial charge on any atom is 0.267 e. The molecule has 1 fully saturated rings. The van der Waals surface area contributed by atoms with Crippen LogP contribution in [0.15, 0.2) is 29.4 Å². The molecule has 18 heavy (non-hydrogen) atoms. The summed E-state index contributed by atoms with van der Waals surface area (Å²) in [4.78, 5) is 8.66. The number of rotatable bonds is 5. The Morgan fingerprint density at radius 2 is 2.44 bits per heavy atom. The highest BCUT2D eigenvalue weighted by molar-refractivity contribution is 6.70. The van der Waals surface area contributed by atoms with Crippen molar-refractivity contribution in [2.45, 2.75) is 19.0 Å². The van der Waals surface area contributed by atoms with Crippen molar-refractivity contribution >= 4 is 14.7 Å². The maximum atomic E-state index is 5.73. The van der Waals surface area contributed by atoms with Gasteiger partial charge in [0.05, 0.1) is 12.2 Å². The minimum atomic E-state index is -1.58. The summed E-state index contributed by atoms with van der Waals surface area (Å²) < 4.78 is 8.23. The fraction of sp³-hybridized carbons (Fsp3) is 0.538. The highest BCUT2D eigenvalue weighted by Gasteiger charge is 2.39. The third-order valence-electron chi connectivity index (χ3n) is 3.59. The van der Waals surface area contributed by atoms with E-state index in [0.29, 0.717) is 0 Å². The monoisotopic (exact) mass is 263 g/mol. The number of nitrogens with zero attached hydrogens (tertiary/aromatic N) is 3. The van der Waals surface area contributed by atoms with Crippen LogP contribution in [0.2, 0.25) is 12.6 Å². The second-order valence-electron chi connectivity index (χ2n) is 4.76. The van der Waals surface area contributed by atoms with E-state index in [4.69, 9.17) is 4.43 Å². The van der Waals surface area contributed by atoms with Gasteiger partial charge in [-0.25, -0.2) is 0 Å². The highest BCUT2D eigenvalue weighted by Crippen LogP contribution is 2.25. The molecular weight excluding hydrogens is 242 g/mol. The first-order chi connectivity index (χ1) is 8.74. The molecular formula is C13H21N3OSi. The van der Waals surface area contributed by atoms with E-state index in [1.54, 1.807) is 6.20 Å². The molecule has 2 heterocycles. The van der Waals surface area contributed by atoms with Crippen molar-refractivity contribution in [1.82, 2.24) is 9.55 Å². The molecule has 0 saturated carbocycles. The first-order valence-corrected chi connectivity index (χ1v) is 9.02. The second-order valence-corrected chi connectivity index (χ2v) is 8.65. The van der Waals surface area contributed by atoms with Gasteiger partial charge in [-0.1, -0.05) is 6.07 Å². The fourth-order valence-corrected chi connectivity index (χ4v) is 5.16. The van der Waals surface area contributed by atoms with E-state index in [-0.39, 0.29) is 0 Å². The van der Waals surface area contributed by atoms with E-state index in [9.17, 15) is 0 Å². The van der Waals surface area contributed by atoms with Gasteiger partial charge in [0.1, 0.15) is 0 Å². The lowest BCUT2D eigenvalue weighted by Gasteiger charge is -2.30. The molecule has 1 unspecified atom stereocenters. The third-order valence-corrected chi connectivity index (χ3v) is 7.53. The Balaban J connectivity index is 1.80. The van der Waals surface area contributed by atoms with E-state index in [1.165, 1.54) is 12.5 Å². The van der Waals surface area contributed by atoms with Gasteiger partial charge in [-0.2, -0.15) is 0 Å². The largest absolute Gasteiger partial charge is 0.406 e. The summed E-state index contributed by atoms with van der Waals surface area (Å²) in [6.45, 7) is 5.28. The van der Waals surface area contributed by atoms with E-state index in [0.717, 1.165) is 25.3 Å². The summed E-state index contributed by atoms with van der Waals surface area (Å²) in [7, 11) is 0.274. The van der Waals surface area contributed by atoms with Crippen molar-refractivity contribution in [2.75, 3.05) is 26.7 Å². The zero-order valence-corrected chi connectivity index (χ0v) is 12.2. The lowest BCUT2D eigenvalue weighted by molar-refractivity contribution is 0.320. The summed E-state index contributed by atoms with van der Waals surface area (Å²) in [5, 5.41) is 0. The number of pyridine rings is 1. The minimum absolute atomic E-state index is 0.822. The van der Waals surface area contributed by atoms with Crippen LogP contribution in [0.25, 0.3) is 0 Å². The summed E-state index contributed by atoms with van der Waals surface area (Å²) in [5.41, 5.74) is 0.922. The van der Waals surface area contributed by atoms with Gasteiger partial charge >= 0.3 is 0 Å². The van der Waals surface area contributed by atoms with E-state index in [2.05, 4.69) is 21.1 Å². The predicted octanol–water partition coefficient (Wildman–Crippen LogP) is 1.92. The molecule has 0 radical (unpaired) electrons. The predicted molar refractivity (Wildman–Crippen MR) is 76.3 cm³/mol. The molecule has 1 aromatic rings. The van der Waals surface area contributed by atoms with E-state index >= 15 is 0 Å². The van der Waals surface area contributed by atoms with Crippen molar-refractivity contribution in [1.29, 1.82) is 0 Å². The molecule has 5 heteroatoms. The fourth-order valence-electron chi connectivity index (χ4n) is 2.36. The van der Waals surface area contributed by atoms with Crippen LogP contribution in [0.1, 0.15) is 12.1 Å². The smallest absolute Gasteiger partial charge is 0.267 e. The SMILES string of the molecule is CO[Si]1(C)CCCN1CCN=Cc1ccccn1. The summed E-state index contributed by atoms with van der Waals surface area (Å²) in [6.07, 6.45) is 4.90. The van der Waals surface area contributed by atoms with E-state index < -0.39 is 8.48 Å². The molecule has 0 aromatic carbocycles. The van der Waals surface area contributed by atoms with Crippen molar-refractivity contribution in [3.05, 3.63) is 30.1 Å². The Kier molecular flexibility index (Phi) is 4.63. The van der Waals surface area contributed by atoms with Crippen LogP contribution in [-0.2, 0) is 4.43 Å². The van der Waals surface area contributed by atoms with Gasteiger partial charge in [-0.05, 0) is 37.7 Å². The average Bonchev–Trinajstić information content (AvgIpc) is 2.78. The second kappa shape index (κ2) is 6.22. The summed E-state index contributed by atoms with van der Waals surface area (Å²) >= 11 is 0. The molecule has 98 valence electrons. The van der Waals surface area contributed by atoms with Crippen molar-refractivity contribution in [3.8, 4) is 0 Å². The lowest BCUT2D eigenvalue weighted by Crippen LogP contribution is -2.49.